The van der Waals surface area contributed by atoms with Crippen LogP contribution in [0.25, 0.3) is 5.69 Å². The van der Waals surface area contributed by atoms with Gasteiger partial charge in [0.25, 0.3) is 0 Å². The largest absolute Gasteiger partial charge is 0.325 e. The van der Waals surface area contributed by atoms with Crippen LogP contribution in [-0.2, 0) is 4.79 Å². The quantitative estimate of drug-likeness (QED) is 0.617. The van der Waals surface area contributed by atoms with E-state index in [0.717, 1.165) is 0 Å². The first kappa shape index (κ1) is 13.7. The van der Waals surface area contributed by atoms with E-state index in [2.05, 4.69) is 26.6 Å². The Morgan fingerprint density at radius 2 is 2.35 bits per heavy atom. The minimum absolute atomic E-state index is 0.0661. The second kappa shape index (κ2) is 6.45. The Morgan fingerprint density at radius 3 is 3.00 bits per heavy atom. The predicted molar refractivity (Wildman–Crippen MR) is 71.6 cm³/mol. The maximum Gasteiger partial charge on any atom is 0.238 e. The molecule has 2 N–H and O–H groups in total. The molecule has 1 aromatic heterocycles. The first-order chi connectivity index (χ1) is 9.70. The number of hydrogen-bond acceptors (Lipinski definition) is 4. The van der Waals surface area contributed by atoms with Gasteiger partial charge in [-0.1, -0.05) is 5.92 Å². The molecule has 1 heterocycles. The van der Waals surface area contributed by atoms with E-state index in [9.17, 15) is 9.18 Å². The van der Waals surface area contributed by atoms with Gasteiger partial charge in [0.1, 0.15) is 18.3 Å². The topological polar surface area (TPSA) is 71.8 Å². The van der Waals surface area contributed by atoms with Crippen LogP contribution in [-0.4, -0.2) is 33.8 Å². The van der Waals surface area contributed by atoms with Gasteiger partial charge in [-0.15, -0.1) is 6.42 Å². The number of carbonyl (C=O) groups is 1. The highest BCUT2D eigenvalue weighted by Gasteiger charge is 2.08. The lowest BCUT2D eigenvalue weighted by Crippen LogP contribution is -2.28. The molecule has 0 saturated carbocycles. The monoisotopic (exact) mass is 273 g/mol. The molecule has 0 atom stereocenters. The van der Waals surface area contributed by atoms with Crippen molar-refractivity contribution in [3.63, 3.8) is 0 Å². The molecule has 0 aliphatic carbocycles. The van der Waals surface area contributed by atoms with Crippen molar-refractivity contribution in [1.29, 1.82) is 0 Å². The number of rotatable bonds is 5. The number of anilines is 1. The van der Waals surface area contributed by atoms with Crippen molar-refractivity contribution in [2.75, 3.05) is 18.4 Å². The molecule has 6 nitrogen and oxygen atoms in total. The van der Waals surface area contributed by atoms with Gasteiger partial charge in [0.05, 0.1) is 13.1 Å². The number of halogens is 1. The van der Waals surface area contributed by atoms with Crippen LogP contribution in [0.15, 0.2) is 30.9 Å². The fraction of sp³-hybridized carbons (Fsp3) is 0.154. The Morgan fingerprint density at radius 1 is 1.50 bits per heavy atom. The van der Waals surface area contributed by atoms with E-state index in [1.54, 1.807) is 6.07 Å². The molecule has 0 spiro atoms. The standard InChI is InChI=1S/C13H12FN5O/c1-2-5-15-7-13(20)18-10-3-4-12(11(14)6-10)19-9-16-8-17-19/h1,3-4,6,8-9,15H,5,7H2,(H,18,20). The summed E-state index contributed by atoms with van der Waals surface area (Å²) in [5.41, 5.74) is 0.616. The number of hydrogen-bond donors (Lipinski definition) is 2. The van der Waals surface area contributed by atoms with Crippen LogP contribution in [0.1, 0.15) is 0 Å². The van der Waals surface area contributed by atoms with Crippen LogP contribution >= 0.6 is 0 Å². The highest BCUT2D eigenvalue weighted by molar-refractivity contribution is 5.92. The third-order valence-corrected chi connectivity index (χ3v) is 2.41. The lowest BCUT2D eigenvalue weighted by Gasteiger charge is -2.08. The zero-order valence-electron chi connectivity index (χ0n) is 10.5. The normalized spacial score (nSPS) is 10.0. The number of carbonyl (C=O) groups excluding carboxylic acids is 1. The van der Waals surface area contributed by atoms with E-state index in [1.165, 1.54) is 29.5 Å². The van der Waals surface area contributed by atoms with Gasteiger partial charge >= 0.3 is 0 Å². The summed E-state index contributed by atoms with van der Waals surface area (Å²) >= 11 is 0. The molecule has 0 radical (unpaired) electrons. The molecule has 2 aromatic rings. The molecule has 0 bridgehead atoms. The van der Waals surface area contributed by atoms with Crippen LogP contribution in [0.5, 0.6) is 0 Å². The molecule has 1 aromatic carbocycles. The average molecular weight is 273 g/mol. The van der Waals surface area contributed by atoms with Gasteiger partial charge in [-0.2, -0.15) is 5.10 Å². The number of nitrogens with one attached hydrogen (secondary N) is 2. The number of benzene rings is 1. The van der Waals surface area contributed by atoms with Crippen LogP contribution in [0.3, 0.4) is 0 Å². The first-order valence-corrected chi connectivity index (χ1v) is 5.79. The zero-order chi connectivity index (χ0) is 14.4. The van der Waals surface area contributed by atoms with E-state index < -0.39 is 5.82 Å². The first-order valence-electron chi connectivity index (χ1n) is 5.79. The van der Waals surface area contributed by atoms with Gasteiger partial charge in [0, 0.05) is 5.69 Å². The average Bonchev–Trinajstić information content (AvgIpc) is 2.93. The molecule has 1 amide bonds. The Labute approximate surface area is 115 Å². The predicted octanol–water partition coefficient (Wildman–Crippen LogP) is 0.568. The van der Waals surface area contributed by atoms with E-state index in [0.29, 0.717) is 12.2 Å². The van der Waals surface area contributed by atoms with Gasteiger partial charge in [0.15, 0.2) is 5.82 Å². The van der Waals surface area contributed by atoms with Crippen LogP contribution in [0.2, 0.25) is 0 Å². The minimum atomic E-state index is -0.509. The highest BCUT2D eigenvalue weighted by Crippen LogP contribution is 2.17. The summed E-state index contributed by atoms with van der Waals surface area (Å²) in [7, 11) is 0. The number of aromatic nitrogens is 3. The lowest BCUT2D eigenvalue weighted by atomic mass is 10.2. The molecule has 102 valence electrons. The highest BCUT2D eigenvalue weighted by atomic mass is 19.1. The molecule has 0 saturated heterocycles. The van der Waals surface area contributed by atoms with Gasteiger partial charge in [-0.05, 0) is 18.2 Å². The molecule has 0 unspecified atom stereocenters. The fourth-order valence-electron chi connectivity index (χ4n) is 1.56. The van der Waals surface area contributed by atoms with Crippen LogP contribution in [0.4, 0.5) is 10.1 Å². The van der Waals surface area contributed by atoms with Crippen LogP contribution in [0, 0.1) is 18.2 Å². The van der Waals surface area contributed by atoms with Crippen molar-refractivity contribution in [1.82, 2.24) is 20.1 Å². The fourth-order valence-corrected chi connectivity index (χ4v) is 1.56. The van der Waals surface area contributed by atoms with E-state index in [1.807, 2.05) is 0 Å². The summed E-state index contributed by atoms with van der Waals surface area (Å²) in [4.78, 5) is 15.3. The molecule has 0 aliphatic heterocycles. The summed E-state index contributed by atoms with van der Waals surface area (Å²) in [5.74, 6) is 1.55. The van der Waals surface area contributed by atoms with Gasteiger partial charge in [-0.3, -0.25) is 10.1 Å². The van der Waals surface area contributed by atoms with Gasteiger partial charge in [-0.25, -0.2) is 14.1 Å². The maximum atomic E-state index is 13.9. The van der Waals surface area contributed by atoms with Crippen LogP contribution < -0.4 is 10.6 Å². The summed E-state index contributed by atoms with van der Waals surface area (Å²) in [6.07, 6.45) is 7.74. The molecule has 20 heavy (non-hydrogen) atoms. The molecule has 7 heteroatoms. The minimum Gasteiger partial charge on any atom is -0.325 e. The van der Waals surface area contributed by atoms with Crippen molar-refractivity contribution in [2.45, 2.75) is 0 Å². The maximum absolute atomic E-state index is 13.9. The Hall–Kier alpha value is -2.72. The summed E-state index contributed by atoms with van der Waals surface area (Å²) < 4.78 is 15.2. The number of nitrogens with zero attached hydrogens (tertiary/aromatic N) is 3. The third kappa shape index (κ3) is 3.40. The van der Waals surface area contributed by atoms with Gasteiger partial charge in [0.2, 0.25) is 5.91 Å². The molecular formula is C13H12FN5O. The Bertz CT molecular complexity index is 633. The van der Waals surface area contributed by atoms with Crippen molar-refractivity contribution < 1.29 is 9.18 Å². The van der Waals surface area contributed by atoms with Crippen molar-refractivity contribution in [2.24, 2.45) is 0 Å². The zero-order valence-corrected chi connectivity index (χ0v) is 10.5. The second-order valence-corrected chi connectivity index (χ2v) is 3.86. The van der Waals surface area contributed by atoms with E-state index in [-0.39, 0.29) is 18.1 Å². The summed E-state index contributed by atoms with van der Waals surface area (Å²) in [5, 5.41) is 9.14. The Balaban J connectivity index is 2.03. The lowest BCUT2D eigenvalue weighted by molar-refractivity contribution is -0.115. The van der Waals surface area contributed by atoms with Crippen molar-refractivity contribution in [3.8, 4) is 18.0 Å². The molecule has 0 fully saturated rings. The van der Waals surface area contributed by atoms with Gasteiger partial charge < -0.3 is 5.32 Å². The smallest absolute Gasteiger partial charge is 0.238 e. The van der Waals surface area contributed by atoms with E-state index >= 15 is 0 Å². The summed E-state index contributed by atoms with van der Waals surface area (Å²) in [6, 6.07) is 4.31. The molecule has 0 aliphatic rings. The molecule has 2 rings (SSSR count). The second-order valence-electron chi connectivity index (χ2n) is 3.86. The Kier molecular flexibility index (Phi) is 4.42. The SMILES string of the molecule is C#CCNCC(=O)Nc1ccc(-n2cncn2)c(F)c1. The van der Waals surface area contributed by atoms with Crippen molar-refractivity contribution >= 4 is 11.6 Å². The summed E-state index contributed by atoms with van der Waals surface area (Å²) in [6.45, 7) is 0.365. The number of terminal acetylenes is 1. The number of amides is 1. The molecular weight excluding hydrogens is 261 g/mol. The van der Waals surface area contributed by atoms with Crippen molar-refractivity contribution in [3.05, 3.63) is 36.7 Å². The van der Waals surface area contributed by atoms with E-state index in [4.69, 9.17) is 6.42 Å². The third-order valence-electron chi connectivity index (χ3n) is 2.41.